The first-order valence-corrected chi connectivity index (χ1v) is 26.9. The molecule has 2 aliphatic rings. The molecule has 0 aliphatic carbocycles. The number of cyclic esters (lactones) is 2. The number of carbonyl (C=O) groups is 9. The maximum Gasteiger partial charge on any atom is 0.347 e. The molecule has 2 aromatic carbocycles. The SMILES string of the molecule is CCC(=O)CCCC(=O)C[C@H](C(=O)N[C@@H](CCCNC(N)=O)C(=O)CCc1ccc([C@H]2O[C@@H]2[C@@H](C)[C@@H]2C/C=C/C(=O)N[C@H](Cc3ccc(OC)c(Cl)c3)C(=O)NCC(C)(C)C(=O)O[C@@H](CC(C)C)C(=O)O2)cc1)C(C)C. The average molecular weight is 1080 g/mol. The number of ketones is 3. The highest BCUT2D eigenvalue weighted by Gasteiger charge is 2.48. The van der Waals surface area contributed by atoms with Gasteiger partial charge < -0.3 is 45.9 Å². The first kappa shape index (κ1) is 62.4. The highest BCUT2D eigenvalue weighted by atomic mass is 35.5. The molecule has 4 rings (SSSR count). The van der Waals surface area contributed by atoms with Gasteiger partial charge in [0, 0.05) is 69.9 Å². The molecule has 19 heteroatoms. The number of Topliss-reactive ketones (excluding diaryl/α,β-unsaturated/α-hetero) is 3. The Morgan fingerprint density at radius 2 is 1.59 bits per heavy atom. The number of nitrogens with two attached hydrogens (primary N) is 1. The molecule has 0 bridgehead atoms. The summed E-state index contributed by atoms with van der Waals surface area (Å²) in [5.74, 6) is -4.14. The van der Waals surface area contributed by atoms with Crippen LogP contribution in [-0.4, -0.2) is 104 Å². The van der Waals surface area contributed by atoms with Gasteiger partial charge in [0.1, 0.15) is 35.6 Å². The first-order chi connectivity index (χ1) is 35.9. The van der Waals surface area contributed by atoms with Gasteiger partial charge in [-0.1, -0.05) is 89.6 Å². The number of methoxy groups -OCH3 is 1. The van der Waals surface area contributed by atoms with E-state index in [4.69, 9.17) is 36.3 Å². The van der Waals surface area contributed by atoms with Crippen LogP contribution in [0.15, 0.2) is 54.6 Å². The minimum Gasteiger partial charge on any atom is -0.495 e. The molecule has 6 N–H and O–H groups in total. The molecule has 0 radical (unpaired) electrons. The summed E-state index contributed by atoms with van der Waals surface area (Å²) in [4.78, 5) is 118. The Morgan fingerprint density at radius 3 is 2.22 bits per heavy atom. The molecule has 76 heavy (non-hydrogen) atoms. The molecule has 0 spiro atoms. The van der Waals surface area contributed by atoms with Crippen molar-refractivity contribution in [1.29, 1.82) is 0 Å². The van der Waals surface area contributed by atoms with Crippen LogP contribution in [0.1, 0.15) is 142 Å². The molecule has 0 unspecified atom stereocenters. The van der Waals surface area contributed by atoms with E-state index in [1.54, 1.807) is 45.0 Å². The number of rotatable bonds is 26. The van der Waals surface area contributed by atoms with E-state index in [0.29, 0.717) is 48.4 Å². The van der Waals surface area contributed by atoms with Crippen LogP contribution < -0.4 is 31.7 Å². The zero-order valence-electron chi connectivity index (χ0n) is 45.6. The van der Waals surface area contributed by atoms with Crippen molar-refractivity contribution in [2.75, 3.05) is 20.2 Å². The zero-order valence-corrected chi connectivity index (χ0v) is 46.4. The van der Waals surface area contributed by atoms with Crippen molar-refractivity contribution >= 4 is 64.6 Å². The molecule has 418 valence electrons. The van der Waals surface area contributed by atoms with Gasteiger partial charge in [0.05, 0.1) is 29.7 Å². The lowest BCUT2D eigenvalue weighted by Crippen LogP contribution is -2.51. The number of nitrogens with one attached hydrogen (secondary N) is 4. The van der Waals surface area contributed by atoms with Crippen LogP contribution in [0.3, 0.4) is 0 Å². The minimum atomic E-state index is -1.28. The summed E-state index contributed by atoms with van der Waals surface area (Å²) in [6.45, 7) is 14.3. The third-order valence-corrected chi connectivity index (χ3v) is 14.1. The van der Waals surface area contributed by atoms with Crippen molar-refractivity contribution in [3.63, 3.8) is 0 Å². The molecule has 0 saturated carbocycles. The molecule has 2 aromatic rings. The maximum atomic E-state index is 14.0. The predicted molar refractivity (Wildman–Crippen MR) is 286 cm³/mol. The number of ether oxygens (including phenoxy) is 4. The second-order valence-electron chi connectivity index (χ2n) is 21.4. The number of amides is 5. The molecular formula is C57H80ClN5O13. The summed E-state index contributed by atoms with van der Waals surface area (Å²) < 4.78 is 23.5. The Labute approximate surface area is 452 Å². The predicted octanol–water partition coefficient (Wildman–Crippen LogP) is 6.94. The lowest BCUT2D eigenvalue weighted by Gasteiger charge is -2.29. The summed E-state index contributed by atoms with van der Waals surface area (Å²) in [7, 11) is 1.49. The molecular weight excluding hydrogens is 998 g/mol. The normalized spacial score (nSPS) is 21.7. The van der Waals surface area contributed by atoms with Crippen molar-refractivity contribution in [3.8, 4) is 5.75 Å². The fraction of sp³-hybridized carbons (Fsp3) is 0.596. The van der Waals surface area contributed by atoms with Crippen LogP contribution in [0.2, 0.25) is 5.02 Å². The van der Waals surface area contributed by atoms with E-state index in [1.807, 2.05) is 58.9 Å². The van der Waals surface area contributed by atoms with E-state index < -0.39 is 83.3 Å². The first-order valence-electron chi connectivity index (χ1n) is 26.6. The number of hydrogen-bond donors (Lipinski definition) is 5. The second-order valence-corrected chi connectivity index (χ2v) is 21.8. The van der Waals surface area contributed by atoms with Gasteiger partial charge in [-0.3, -0.25) is 33.6 Å². The van der Waals surface area contributed by atoms with Crippen LogP contribution >= 0.6 is 11.6 Å². The van der Waals surface area contributed by atoms with Crippen LogP contribution in [0.5, 0.6) is 5.75 Å². The van der Waals surface area contributed by atoms with Crippen molar-refractivity contribution < 1.29 is 62.1 Å². The van der Waals surface area contributed by atoms with Crippen molar-refractivity contribution in [2.45, 2.75) is 169 Å². The van der Waals surface area contributed by atoms with Crippen LogP contribution in [-0.2, 0) is 65.4 Å². The van der Waals surface area contributed by atoms with E-state index in [2.05, 4.69) is 21.3 Å². The van der Waals surface area contributed by atoms with Gasteiger partial charge in [-0.15, -0.1) is 0 Å². The van der Waals surface area contributed by atoms with Crippen LogP contribution in [0.4, 0.5) is 4.79 Å². The zero-order chi connectivity index (χ0) is 56.3. The lowest BCUT2D eigenvalue weighted by molar-refractivity contribution is -0.179. The molecule has 0 aromatic heterocycles. The monoisotopic (exact) mass is 1080 g/mol. The molecule has 2 heterocycles. The van der Waals surface area contributed by atoms with Gasteiger partial charge in [0.25, 0.3) is 0 Å². The van der Waals surface area contributed by atoms with Gasteiger partial charge in [0.15, 0.2) is 11.9 Å². The van der Waals surface area contributed by atoms with Gasteiger partial charge in [-0.2, -0.15) is 0 Å². The summed E-state index contributed by atoms with van der Waals surface area (Å²) in [5.41, 5.74) is 6.31. The molecule has 18 nitrogen and oxygen atoms in total. The highest BCUT2D eigenvalue weighted by molar-refractivity contribution is 6.32. The Balaban J connectivity index is 1.47. The summed E-state index contributed by atoms with van der Waals surface area (Å²) in [5, 5.41) is 11.3. The summed E-state index contributed by atoms with van der Waals surface area (Å²) in [6.07, 6.45) is 2.71. The Morgan fingerprint density at radius 1 is 0.908 bits per heavy atom. The number of epoxide rings is 1. The molecule has 1 saturated heterocycles. The fourth-order valence-electron chi connectivity index (χ4n) is 8.89. The largest absolute Gasteiger partial charge is 0.495 e. The van der Waals surface area contributed by atoms with Crippen molar-refractivity contribution in [1.82, 2.24) is 21.3 Å². The van der Waals surface area contributed by atoms with Crippen LogP contribution in [0, 0.1) is 29.1 Å². The maximum absolute atomic E-state index is 14.0. The lowest BCUT2D eigenvalue weighted by atomic mass is 9.88. The third-order valence-electron chi connectivity index (χ3n) is 13.8. The van der Waals surface area contributed by atoms with E-state index in [-0.39, 0.29) is 93.3 Å². The number of urea groups is 1. The van der Waals surface area contributed by atoms with Gasteiger partial charge in [-0.05, 0) is 92.7 Å². The number of halogens is 1. The number of primary amides is 1. The fourth-order valence-corrected chi connectivity index (χ4v) is 9.17. The number of benzene rings is 2. The molecule has 5 amide bonds. The topological polar surface area (TPSA) is 268 Å². The van der Waals surface area contributed by atoms with E-state index in [1.165, 1.54) is 13.2 Å². The number of hydrogen-bond acceptors (Lipinski definition) is 13. The minimum absolute atomic E-state index is 0.00648. The second kappa shape index (κ2) is 30.0. The summed E-state index contributed by atoms with van der Waals surface area (Å²) in [6, 6.07) is 9.99. The number of carbonyl (C=O) groups excluding carboxylic acids is 9. The standard InChI is InChI=1S/C57H80ClN5O13/c1-10-39(64)14-11-15-40(65)31-41(34(4)5)52(68)63-43(16-13-27-60-56(59)72)45(66)25-21-36-19-23-38(24-20-36)51-50(76-51)35(6)46-17-12-18-49(67)62-44(30-37-22-26-47(73-9)42(58)29-37)53(69)61-32-57(7,8)55(71)75-48(28-33(2)3)54(70)74-46/h12,18-20,22-24,26,29,33-35,41,43-44,46,48,50-51H,10-11,13-17,21,25,27-28,30-32H2,1-9H3,(H,61,69)(H,62,67)(H,63,68)(H3,59,60,72)/b18-12+/t35-,41-,43-,44+,46-,48-,50+,51+/m0/s1. The molecule has 2 aliphatic heterocycles. The highest BCUT2D eigenvalue weighted by Crippen LogP contribution is 2.45. The van der Waals surface area contributed by atoms with Crippen LogP contribution in [0.25, 0.3) is 0 Å². The van der Waals surface area contributed by atoms with E-state index >= 15 is 0 Å². The average Bonchev–Trinajstić information content (AvgIpc) is 4.17. The van der Waals surface area contributed by atoms with Crippen molar-refractivity contribution in [2.24, 2.45) is 34.8 Å². The Hall–Kier alpha value is -6.14. The van der Waals surface area contributed by atoms with Gasteiger partial charge in [-0.25, -0.2) is 9.59 Å². The molecule has 8 atom stereocenters. The van der Waals surface area contributed by atoms with Crippen molar-refractivity contribution in [3.05, 3.63) is 76.3 Å². The van der Waals surface area contributed by atoms with Gasteiger partial charge in [0.2, 0.25) is 17.7 Å². The number of esters is 2. The quantitative estimate of drug-likeness (QED) is 0.0364. The van der Waals surface area contributed by atoms with Gasteiger partial charge >= 0.3 is 18.0 Å². The van der Waals surface area contributed by atoms with E-state index in [9.17, 15) is 43.2 Å². The molecule has 1 fully saturated rings. The van der Waals surface area contributed by atoms with E-state index in [0.717, 1.165) is 11.1 Å². The Bertz CT molecular complexity index is 2390. The number of aryl methyl sites for hydroxylation is 1. The Kier molecular flexibility index (Phi) is 24.6. The third kappa shape index (κ3) is 20.1. The smallest absolute Gasteiger partial charge is 0.347 e. The summed E-state index contributed by atoms with van der Waals surface area (Å²) >= 11 is 6.38.